The van der Waals surface area contributed by atoms with E-state index in [9.17, 15) is 4.79 Å². The van der Waals surface area contributed by atoms with Gasteiger partial charge >= 0.3 is 0 Å². The molecule has 1 saturated carbocycles. The first-order chi connectivity index (χ1) is 6.61. The highest BCUT2D eigenvalue weighted by atomic mass is 16.5. The fourth-order valence-electron chi connectivity index (χ4n) is 1.68. The summed E-state index contributed by atoms with van der Waals surface area (Å²) in [7, 11) is 0. The highest BCUT2D eigenvalue weighted by molar-refractivity contribution is 5.76. The number of primary amides is 1. The van der Waals surface area contributed by atoms with Gasteiger partial charge in [0.1, 0.15) is 0 Å². The molecule has 1 aliphatic carbocycles. The summed E-state index contributed by atoms with van der Waals surface area (Å²) in [6.07, 6.45) is 4.50. The molecule has 0 aromatic rings. The summed E-state index contributed by atoms with van der Waals surface area (Å²) >= 11 is 0. The molecule has 1 fully saturated rings. The first kappa shape index (κ1) is 11.5. The zero-order valence-corrected chi connectivity index (χ0v) is 8.74. The van der Waals surface area contributed by atoms with Gasteiger partial charge in [-0.25, -0.2) is 0 Å². The standard InChI is InChI=1S/C10H20N2O2/c1-7(10(12)13)6-14-9-5-3-2-4-8(9)11/h7-9H,2-6,11H2,1H3,(H2,12,13). The molecule has 0 aromatic heterocycles. The second kappa shape index (κ2) is 5.32. The second-order valence-corrected chi connectivity index (χ2v) is 4.12. The quantitative estimate of drug-likeness (QED) is 0.689. The van der Waals surface area contributed by atoms with Crippen LogP contribution in [0.4, 0.5) is 0 Å². The number of hydrogen-bond donors (Lipinski definition) is 2. The van der Waals surface area contributed by atoms with Crippen molar-refractivity contribution in [2.75, 3.05) is 6.61 Å². The first-order valence-electron chi connectivity index (χ1n) is 5.27. The number of rotatable bonds is 4. The van der Waals surface area contributed by atoms with Crippen molar-refractivity contribution in [3.63, 3.8) is 0 Å². The number of carbonyl (C=O) groups excluding carboxylic acids is 1. The smallest absolute Gasteiger partial charge is 0.222 e. The highest BCUT2D eigenvalue weighted by Crippen LogP contribution is 2.20. The van der Waals surface area contributed by atoms with Gasteiger partial charge in [0.15, 0.2) is 0 Å². The van der Waals surface area contributed by atoms with Crippen LogP contribution in [0.5, 0.6) is 0 Å². The summed E-state index contributed by atoms with van der Waals surface area (Å²) in [6.45, 7) is 2.17. The van der Waals surface area contributed by atoms with Gasteiger partial charge in [-0.2, -0.15) is 0 Å². The second-order valence-electron chi connectivity index (χ2n) is 4.12. The summed E-state index contributed by atoms with van der Waals surface area (Å²) in [6, 6.07) is 0.129. The van der Waals surface area contributed by atoms with Crippen molar-refractivity contribution in [2.24, 2.45) is 17.4 Å². The van der Waals surface area contributed by atoms with Gasteiger partial charge in [0.2, 0.25) is 5.91 Å². The summed E-state index contributed by atoms with van der Waals surface area (Å²) in [5, 5.41) is 0. The number of carbonyl (C=O) groups is 1. The van der Waals surface area contributed by atoms with Crippen molar-refractivity contribution in [3.8, 4) is 0 Å². The molecule has 0 radical (unpaired) electrons. The predicted octanol–water partition coefficient (Wildman–Crippen LogP) is 0.394. The first-order valence-corrected chi connectivity index (χ1v) is 5.27. The minimum atomic E-state index is -0.311. The van der Waals surface area contributed by atoms with Gasteiger partial charge in [-0.3, -0.25) is 4.79 Å². The SMILES string of the molecule is CC(COC1CCCCC1N)C(N)=O. The third kappa shape index (κ3) is 3.27. The van der Waals surface area contributed by atoms with Crippen LogP contribution in [0.15, 0.2) is 0 Å². The molecular formula is C10H20N2O2. The maximum Gasteiger partial charge on any atom is 0.222 e. The zero-order valence-electron chi connectivity index (χ0n) is 8.74. The maximum atomic E-state index is 10.8. The van der Waals surface area contributed by atoms with Crippen LogP contribution in [0, 0.1) is 5.92 Å². The topological polar surface area (TPSA) is 78.3 Å². The van der Waals surface area contributed by atoms with Crippen molar-refractivity contribution in [3.05, 3.63) is 0 Å². The van der Waals surface area contributed by atoms with Crippen LogP contribution < -0.4 is 11.5 Å². The minimum absolute atomic E-state index is 0.116. The molecule has 1 rings (SSSR count). The molecule has 0 aromatic carbocycles. The fraction of sp³-hybridized carbons (Fsp3) is 0.900. The van der Waals surface area contributed by atoms with E-state index >= 15 is 0 Å². The molecule has 4 nitrogen and oxygen atoms in total. The zero-order chi connectivity index (χ0) is 10.6. The lowest BCUT2D eigenvalue weighted by molar-refractivity contribution is -0.124. The molecule has 3 atom stereocenters. The summed E-state index contributed by atoms with van der Waals surface area (Å²) in [5.74, 6) is -0.529. The van der Waals surface area contributed by atoms with Crippen molar-refractivity contribution >= 4 is 5.91 Å². The molecule has 4 heteroatoms. The van der Waals surface area contributed by atoms with Gasteiger partial charge < -0.3 is 16.2 Å². The number of ether oxygens (including phenoxy) is 1. The van der Waals surface area contributed by atoms with Crippen molar-refractivity contribution < 1.29 is 9.53 Å². The lowest BCUT2D eigenvalue weighted by Crippen LogP contribution is -2.40. The van der Waals surface area contributed by atoms with Crippen LogP contribution in [0.2, 0.25) is 0 Å². The van der Waals surface area contributed by atoms with Gasteiger partial charge in [-0.15, -0.1) is 0 Å². The van der Waals surface area contributed by atoms with E-state index in [-0.39, 0.29) is 24.0 Å². The van der Waals surface area contributed by atoms with Crippen molar-refractivity contribution in [1.82, 2.24) is 0 Å². The maximum absolute atomic E-state index is 10.8. The summed E-state index contributed by atoms with van der Waals surface area (Å²) < 4.78 is 5.59. The number of nitrogens with two attached hydrogens (primary N) is 2. The van der Waals surface area contributed by atoms with E-state index in [4.69, 9.17) is 16.2 Å². The lowest BCUT2D eigenvalue weighted by Gasteiger charge is -2.29. The molecule has 14 heavy (non-hydrogen) atoms. The Morgan fingerprint density at radius 3 is 2.71 bits per heavy atom. The Labute approximate surface area is 85.0 Å². The number of amides is 1. The predicted molar refractivity (Wildman–Crippen MR) is 54.5 cm³/mol. The lowest BCUT2D eigenvalue weighted by atomic mass is 9.93. The molecule has 82 valence electrons. The molecule has 0 bridgehead atoms. The van der Waals surface area contributed by atoms with Gasteiger partial charge in [0, 0.05) is 6.04 Å². The molecule has 0 heterocycles. The van der Waals surface area contributed by atoms with Crippen molar-refractivity contribution in [1.29, 1.82) is 0 Å². The van der Waals surface area contributed by atoms with Crippen LogP contribution in [0.1, 0.15) is 32.6 Å². The fourth-order valence-corrected chi connectivity index (χ4v) is 1.68. The molecule has 0 saturated heterocycles. The van der Waals surface area contributed by atoms with Crippen LogP contribution in [-0.4, -0.2) is 24.7 Å². The number of hydrogen-bond acceptors (Lipinski definition) is 3. The molecule has 4 N–H and O–H groups in total. The Morgan fingerprint density at radius 2 is 2.14 bits per heavy atom. The normalized spacial score (nSPS) is 29.9. The Balaban J connectivity index is 2.25. The average molecular weight is 200 g/mol. The Hall–Kier alpha value is -0.610. The Bertz CT molecular complexity index is 197. The summed E-state index contributed by atoms with van der Waals surface area (Å²) in [4.78, 5) is 10.8. The van der Waals surface area contributed by atoms with E-state index in [0.717, 1.165) is 12.8 Å². The molecule has 1 amide bonds. The third-order valence-corrected chi connectivity index (χ3v) is 2.80. The van der Waals surface area contributed by atoms with E-state index in [1.165, 1.54) is 12.8 Å². The largest absolute Gasteiger partial charge is 0.376 e. The van der Waals surface area contributed by atoms with Crippen LogP contribution in [0.3, 0.4) is 0 Å². The van der Waals surface area contributed by atoms with E-state index in [1.807, 2.05) is 0 Å². The monoisotopic (exact) mass is 200 g/mol. The van der Waals surface area contributed by atoms with Crippen LogP contribution in [-0.2, 0) is 9.53 Å². The summed E-state index contributed by atoms with van der Waals surface area (Å²) in [5.41, 5.74) is 11.0. The molecule has 0 aliphatic heterocycles. The molecule has 0 spiro atoms. The molecule has 3 unspecified atom stereocenters. The molecular weight excluding hydrogens is 180 g/mol. The highest BCUT2D eigenvalue weighted by Gasteiger charge is 2.23. The van der Waals surface area contributed by atoms with E-state index in [2.05, 4.69) is 0 Å². The molecule has 1 aliphatic rings. The minimum Gasteiger partial charge on any atom is -0.376 e. The van der Waals surface area contributed by atoms with Gasteiger partial charge in [-0.05, 0) is 12.8 Å². The van der Waals surface area contributed by atoms with Crippen molar-refractivity contribution in [2.45, 2.75) is 44.8 Å². The van der Waals surface area contributed by atoms with E-state index < -0.39 is 0 Å². The van der Waals surface area contributed by atoms with Crippen LogP contribution >= 0.6 is 0 Å². The Morgan fingerprint density at radius 1 is 1.50 bits per heavy atom. The Kier molecular flexibility index (Phi) is 4.35. The van der Waals surface area contributed by atoms with Gasteiger partial charge in [0.05, 0.1) is 18.6 Å². The van der Waals surface area contributed by atoms with Crippen LogP contribution in [0.25, 0.3) is 0 Å². The van der Waals surface area contributed by atoms with E-state index in [1.54, 1.807) is 6.92 Å². The average Bonchev–Trinajstić information content (AvgIpc) is 2.16. The van der Waals surface area contributed by atoms with Gasteiger partial charge in [-0.1, -0.05) is 19.8 Å². The third-order valence-electron chi connectivity index (χ3n) is 2.80. The van der Waals surface area contributed by atoms with Gasteiger partial charge in [0.25, 0.3) is 0 Å². The van der Waals surface area contributed by atoms with E-state index in [0.29, 0.717) is 6.61 Å².